The predicted octanol–water partition coefficient (Wildman–Crippen LogP) is 0.184. The van der Waals surface area contributed by atoms with Crippen LogP contribution in [0.15, 0.2) is 24.3 Å². The predicted molar refractivity (Wildman–Crippen MR) is 74.7 cm³/mol. The second-order valence-electron chi connectivity index (χ2n) is 4.14. The number of methoxy groups -OCH3 is 1. The topological polar surface area (TPSA) is 116 Å². The van der Waals surface area contributed by atoms with Gasteiger partial charge in [-0.3, -0.25) is 9.59 Å². The van der Waals surface area contributed by atoms with Crippen molar-refractivity contribution in [2.45, 2.75) is 12.2 Å². The zero-order valence-electron chi connectivity index (χ0n) is 11.1. The van der Waals surface area contributed by atoms with Gasteiger partial charge in [-0.05, 0) is 25.1 Å². The maximum atomic E-state index is 11.9. The number of nitrogen functional groups attached to an aromatic ring is 1. The lowest BCUT2D eigenvalue weighted by Gasteiger charge is -2.12. The molecule has 0 saturated heterocycles. The minimum atomic E-state index is -3.92. The van der Waals surface area contributed by atoms with Gasteiger partial charge in [0.15, 0.2) is 9.84 Å². The smallest absolute Gasteiger partial charge is 0.320 e. The lowest BCUT2D eigenvalue weighted by Crippen LogP contribution is -2.36. The molecule has 0 bridgehead atoms. The lowest BCUT2D eigenvalue weighted by atomic mass is 10.3. The van der Waals surface area contributed by atoms with Crippen molar-refractivity contribution in [1.29, 1.82) is 0 Å². The first kappa shape index (κ1) is 16.0. The van der Waals surface area contributed by atoms with Gasteiger partial charge in [0.2, 0.25) is 5.91 Å². The molecule has 110 valence electrons. The maximum Gasteiger partial charge on any atom is 0.320 e. The largest absolute Gasteiger partial charge is 0.468 e. The van der Waals surface area contributed by atoms with Crippen molar-refractivity contribution >= 4 is 33.1 Å². The Balaban J connectivity index is 2.79. The SMILES string of the molecule is COC(=O)CS(=O)(=O)C(C)C(=O)Nc1cccc(N)c1. The number of anilines is 2. The Kier molecular flexibility index (Phi) is 5.09. The molecule has 20 heavy (non-hydrogen) atoms. The van der Waals surface area contributed by atoms with Crippen molar-refractivity contribution in [1.82, 2.24) is 0 Å². The fourth-order valence-electron chi connectivity index (χ4n) is 1.37. The highest BCUT2D eigenvalue weighted by Crippen LogP contribution is 2.13. The van der Waals surface area contributed by atoms with E-state index in [9.17, 15) is 18.0 Å². The van der Waals surface area contributed by atoms with Gasteiger partial charge in [-0.25, -0.2) is 8.42 Å². The molecule has 1 rings (SSSR count). The van der Waals surface area contributed by atoms with Crippen molar-refractivity contribution < 1.29 is 22.7 Å². The van der Waals surface area contributed by atoms with Gasteiger partial charge in [0.1, 0.15) is 11.0 Å². The molecule has 0 heterocycles. The first-order chi connectivity index (χ1) is 9.26. The molecule has 0 spiro atoms. The number of nitrogens with two attached hydrogens (primary N) is 1. The van der Waals surface area contributed by atoms with Gasteiger partial charge in [-0.1, -0.05) is 6.07 Å². The van der Waals surface area contributed by atoms with Crippen molar-refractivity contribution in [3.8, 4) is 0 Å². The van der Waals surface area contributed by atoms with Crippen LogP contribution >= 0.6 is 0 Å². The number of amides is 1. The highest BCUT2D eigenvalue weighted by atomic mass is 32.2. The average molecular weight is 300 g/mol. The molecule has 7 nitrogen and oxygen atoms in total. The second kappa shape index (κ2) is 6.38. The molecule has 0 aliphatic rings. The van der Waals surface area contributed by atoms with E-state index in [-0.39, 0.29) is 0 Å². The quantitative estimate of drug-likeness (QED) is 0.592. The molecule has 1 aromatic carbocycles. The summed E-state index contributed by atoms with van der Waals surface area (Å²) >= 11 is 0. The van der Waals surface area contributed by atoms with Crippen LogP contribution in [0.2, 0.25) is 0 Å². The van der Waals surface area contributed by atoms with E-state index in [0.717, 1.165) is 7.11 Å². The van der Waals surface area contributed by atoms with Crippen molar-refractivity contribution in [2.24, 2.45) is 0 Å². The van der Waals surface area contributed by atoms with E-state index in [1.165, 1.54) is 13.0 Å². The summed E-state index contributed by atoms with van der Waals surface area (Å²) in [6.45, 7) is 1.21. The van der Waals surface area contributed by atoms with Gasteiger partial charge >= 0.3 is 5.97 Å². The van der Waals surface area contributed by atoms with E-state index < -0.39 is 32.7 Å². The summed E-state index contributed by atoms with van der Waals surface area (Å²) in [7, 11) is -2.84. The second-order valence-corrected chi connectivity index (χ2v) is 6.46. The van der Waals surface area contributed by atoms with E-state index in [4.69, 9.17) is 5.73 Å². The van der Waals surface area contributed by atoms with Crippen LogP contribution in [0.25, 0.3) is 0 Å². The molecule has 1 atom stereocenters. The molecule has 0 saturated carbocycles. The van der Waals surface area contributed by atoms with E-state index in [1.54, 1.807) is 18.2 Å². The first-order valence-electron chi connectivity index (χ1n) is 5.71. The van der Waals surface area contributed by atoms with Crippen LogP contribution in [-0.4, -0.2) is 38.4 Å². The summed E-state index contributed by atoms with van der Waals surface area (Å²) in [5.74, 6) is -2.48. The van der Waals surface area contributed by atoms with E-state index in [2.05, 4.69) is 10.1 Å². The molecule has 3 N–H and O–H groups in total. The highest BCUT2D eigenvalue weighted by Gasteiger charge is 2.30. The molecular formula is C12H16N2O5S. The Morgan fingerprint density at radius 3 is 2.60 bits per heavy atom. The van der Waals surface area contributed by atoms with Crippen LogP contribution in [0.4, 0.5) is 11.4 Å². The lowest BCUT2D eigenvalue weighted by molar-refractivity contribution is -0.137. The number of sulfone groups is 1. The number of benzene rings is 1. The van der Waals surface area contributed by atoms with E-state index >= 15 is 0 Å². The third-order valence-electron chi connectivity index (χ3n) is 2.61. The minimum absolute atomic E-state index is 0.384. The maximum absolute atomic E-state index is 11.9. The Morgan fingerprint density at radius 2 is 2.05 bits per heavy atom. The molecule has 0 aromatic heterocycles. The zero-order valence-corrected chi connectivity index (χ0v) is 11.9. The summed E-state index contributed by atoms with van der Waals surface area (Å²) < 4.78 is 27.9. The fraction of sp³-hybridized carbons (Fsp3) is 0.333. The monoisotopic (exact) mass is 300 g/mol. The van der Waals surface area contributed by atoms with Crippen molar-refractivity contribution in [2.75, 3.05) is 23.9 Å². The van der Waals surface area contributed by atoms with Gasteiger partial charge in [0.05, 0.1) is 7.11 Å². The molecule has 0 radical (unpaired) electrons. The molecule has 1 amide bonds. The van der Waals surface area contributed by atoms with Crippen LogP contribution in [-0.2, 0) is 24.2 Å². The molecule has 1 unspecified atom stereocenters. The number of ether oxygens (including phenoxy) is 1. The average Bonchev–Trinajstić information content (AvgIpc) is 2.37. The van der Waals surface area contributed by atoms with Crippen LogP contribution in [0.5, 0.6) is 0 Å². The summed E-state index contributed by atoms with van der Waals surface area (Å²) in [4.78, 5) is 22.9. The van der Waals surface area contributed by atoms with Gasteiger partial charge in [-0.2, -0.15) is 0 Å². The van der Waals surface area contributed by atoms with Gasteiger partial charge in [-0.15, -0.1) is 0 Å². The Labute approximate surface area is 117 Å². The number of hydrogen-bond acceptors (Lipinski definition) is 6. The number of rotatable bonds is 5. The third kappa shape index (κ3) is 4.23. The van der Waals surface area contributed by atoms with Gasteiger partial charge < -0.3 is 15.8 Å². The third-order valence-corrected chi connectivity index (χ3v) is 4.54. The molecule has 0 fully saturated rings. The summed E-state index contributed by atoms with van der Waals surface area (Å²) in [5.41, 5.74) is 6.37. The first-order valence-corrected chi connectivity index (χ1v) is 7.42. The molecule has 0 aliphatic carbocycles. The number of nitrogens with one attached hydrogen (secondary N) is 1. The fourth-order valence-corrected chi connectivity index (χ4v) is 2.45. The van der Waals surface area contributed by atoms with Gasteiger partial charge in [0, 0.05) is 11.4 Å². The van der Waals surface area contributed by atoms with Crippen molar-refractivity contribution in [3.05, 3.63) is 24.3 Å². The van der Waals surface area contributed by atoms with Crippen LogP contribution < -0.4 is 11.1 Å². The number of esters is 1. The molecule has 1 aromatic rings. The normalized spacial score (nSPS) is 12.5. The van der Waals surface area contributed by atoms with Crippen LogP contribution in [0.3, 0.4) is 0 Å². The van der Waals surface area contributed by atoms with Crippen LogP contribution in [0, 0.1) is 0 Å². The number of carbonyl (C=O) groups excluding carboxylic acids is 2. The van der Waals surface area contributed by atoms with Crippen LogP contribution in [0.1, 0.15) is 6.92 Å². The molecule has 0 aliphatic heterocycles. The zero-order chi connectivity index (χ0) is 15.3. The number of hydrogen-bond donors (Lipinski definition) is 2. The van der Waals surface area contributed by atoms with E-state index in [0.29, 0.717) is 11.4 Å². The molecule has 8 heteroatoms. The number of carbonyl (C=O) groups is 2. The Morgan fingerprint density at radius 1 is 1.40 bits per heavy atom. The summed E-state index contributed by atoms with van der Waals surface area (Å²) in [6.07, 6.45) is 0. The standard InChI is InChI=1S/C12H16N2O5S/c1-8(20(17,18)7-11(15)19-2)12(16)14-10-5-3-4-9(13)6-10/h3-6,8H,7,13H2,1-2H3,(H,14,16). The van der Waals surface area contributed by atoms with Gasteiger partial charge in [0.25, 0.3) is 0 Å². The molecular weight excluding hydrogens is 284 g/mol. The summed E-state index contributed by atoms with van der Waals surface area (Å²) in [6, 6.07) is 6.33. The Bertz CT molecular complexity index is 612. The Hall–Kier alpha value is -2.09. The van der Waals surface area contributed by atoms with E-state index in [1.807, 2.05) is 0 Å². The highest BCUT2D eigenvalue weighted by molar-refractivity contribution is 7.93. The summed E-state index contributed by atoms with van der Waals surface area (Å²) in [5, 5.41) is 1.06. The van der Waals surface area contributed by atoms with Crippen molar-refractivity contribution in [3.63, 3.8) is 0 Å². The minimum Gasteiger partial charge on any atom is -0.468 e.